The number of carboxylic acids is 1. The highest BCUT2D eigenvalue weighted by Gasteiger charge is 2.24. The molecule has 2 aromatic carbocycles. The number of unbranched alkanes of at least 4 members (excludes halogenated alkanes) is 2. The van der Waals surface area contributed by atoms with Crippen molar-refractivity contribution in [3.8, 4) is 11.3 Å². The number of halogens is 3. The van der Waals surface area contributed by atoms with Gasteiger partial charge in [0.05, 0.1) is 11.3 Å². The lowest BCUT2D eigenvalue weighted by atomic mass is 10.1. The molecule has 4 N–H and O–H groups in total. The molecule has 1 aliphatic heterocycles. The minimum Gasteiger partial charge on any atom is -0.477 e. The van der Waals surface area contributed by atoms with E-state index in [1.165, 1.54) is 0 Å². The van der Waals surface area contributed by atoms with E-state index in [0.717, 1.165) is 55.8 Å². The zero-order valence-corrected chi connectivity index (χ0v) is 20.6. The summed E-state index contributed by atoms with van der Waals surface area (Å²) in [4.78, 5) is 42.4. The number of imidazole rings is 1. The fourth-order valence-electron chi connectivity index (χ4n) is 4.78. The van der Waals surface area contributed by atoms with E-state index in [4.69, 9.17) is 5.73 Å². The number of nitrogens with two attached hydrogens (primary N) is 1. The van der Waals surface area contributed by atoms with E-state index < -0.39 is 40.7 Å². The molecule has 3 aromatic rings. The Kier molecular flexibility index (Phi) is 8.20. The summed E-state index contributed by atoms with van der Waals surface area (Å²) in [6.07, 6.45) is 2.05. The molecule has 0 aliphatic carbocycles. The molecule has 0 spiro atoms. The van der Waals surface area contributed by atoms with E-state index in [-0.39, 0.29) is 17.8 Å². The van der Waals surface area contributed by atoms with Gasteiger partial charge in [0.25, 0.3) is 5.91 Å². The van der Waals surface area contributed by atoms with Gasteiger partial charge in [-0.3, -0.25) is 19.2 Å². The summed E-state index contributed by atoms with van der Waals surface area (Å²) < 4.78 is 42.2. The number of carboxylic acid groups (broad SMARTS) is 1. The van der Waals surface area contributed by atoms with Gasteiger partial charge in [0.2, 0.25) is 0 Å². The fraction of sp³-hybridized carbons (Fsp3) is 0.346. The van der Waals surface area contributed by atoms with Crippen LogP contribution in [0.4, 0.5) is 18.9 Å². The zero-order chi connectivity index (χ0) is 27.4. The van der Waals surface area contributed by atoms with Crippen LogP contribution in [0.1, 0.15) is 40.1 Å². The first kappa shape index (κ1) is 27.0. The van der Waals surface area contributed by atoms with Crippen LogP contribution in [0.25, 0.3) is 11.3 Å². The minimum absolute atomic E-state index is 0.121. The van der Waals surface area contributed by atoms with Crippen molar-refractivity contribution in [2.24, 2.45) is 5.73 Å². The summed E-state index contributed by atoms with van der Waals surface area (Å²) in [5.41, 5.74) is 5.13. The van der Waals surface area contributed by atoms with Crippen molar-refractivity contribution in [3.05, 3.63) is 75.6 Å². The zero-order valence-electron chi connectivity index (χ0n) is 20.6. The van der Waals surface area contributed by atoms with E-state index in [2.05, 4.69) is 14.8 Å². The first-order valence-electron chi connectivity index (χ1n) is 12.2. The number of carbonyl (C=O) groups is 2. The highest BCUT2D eigenvalue weighted by Crippen LogP contribution is 2.26. The largest absolute Gasteiger partial charge is 0.477 e. The van der Waals surface area contributed by atoms with Gasteiger partial charge in [0, 0.05) is 44.0 Å². The number of hydrogen-bond acceptors (Lipinski definition) is 5. The first-order valence-corrected chi connectivity index (χ1v) is 12.2. The number of amides is 1. The number of carbonyl (C=O) groups excluding carboxylic acids is 1. The van der Waals surface area contributed by atoms with E-state index in [1.807, 2.05) is 12.1 Å². The molecule has 1 aromatic heterocycles. The standard InChI is InChI=1S/C26H28F3N5O4/c27-18-14-16(15-19(28)21(18)29)23-22(25(36)37)31-26(38)34(23)9-5-1-4-8-32-10-12-33(13-11-32)20-7-3-2-6-17(20)24(30)35/h2-3,6-7,14-15H,1,4-5,8-13H2,(H2,30,35)(H,31,38)(H,36,37). The molecule has 12 heteroatoms. The third-order valence-electron chi connectivity index (χ3n) is 6.69. The highest BCUT2D eigenvalue weighted by atomic mass is 19.2. The Morgan fingerprint density at radius 1 is 0.947 bits per heavy atom. The summed E-state index contributed by atoms with van der Waals surface area (Å²) in [5.74, 6) is -6.56. The number of aromatic nitrogens is 2. The maximum atomic E-state index is 13.8. The maximum absolute atomic E-state index is 13.8. The van der Waals surface area contributed by atoms with Crippen LogP contribution < -0.4 is 16.3 Å². The summed E-state index contributed by atoms with van der Waals surface area (Å²) in [6.45, 7) is 4.03. The normalized spacial score (nSPS) is 14.1. The van der Waals surface area contributed by atoms with Crippen molar-refractivity contribution in [1.29, 1.82) is 0 Å². The van der Waals surface area contributed by atoms with Crippen molar-refractivity contribution in [2.45, 2.75) is 25.8 Å². The molecule has 1 saturated heterocycles. The van der Waals surface area contributed by atoms with Crippen molar-refractivity contribution in [3.63, 3.8) is 0 Å². The van der Waals surface area contributed by atoms with Gasteiger partial charge in [-0.05, 0) is 43.7 Å². The first-order chi connectivity index (χ1) is 18.2. The number of nitrogens with one attached hydrogen (secondary N) is 1. The number of anilines is 1. The maximum Gasteiger partial charge on any atom is 0.354 e. The molecule has 202 valence electrons. The molecule has 0 unspecified atom stereocenters. The molecule has 0 saturated carbocycles. The number of nitrogens with zero attached hydrogens (tertiary/aromatic N) is 3. The van der Waals surface area contributed by atoms with Crippen molar-refractivity contribution < 1.29 is 27.9 Å². The van der Waals surface area contributed by atoms with Gasteiger partial charge in [0.15, 0.2) is 23.1 Å². The van der Waals surface area contributed by atoms with Crippen LogP contribution in [0.2, 0.25) is 0 Å². The Bertz CT molecular complexity index is 1370. The lowest BCUT2D eigenvalue weighted by Crippen LogP contribution is -2.47. The van der Waals surface area contributed by atoms with E-state index >= 15 is 0 Å². The molecule has 0 bridgehead atoms. The SMILES string of the molecule is NC(=O)c1ccccc1N1CCN(CCCCCn2c(-c3cc(F)c(F)c(F)c3)c(C(=O)O)[nH]c2=O)CC1. The van der Waals surface area contributed by atoms with Gasteiger partial charge < -0.3 is 15.7 Å². The predicted molar refractivity (Wildman–Crippen MR) is 135 cm³/mol. The Labute approximate surface area is 216 Å². The Balaban J connectivity index is 1.33. The molecule has 0 radical (unpaired) electrons. The number of benzene rings is 2. The molecule has 1 amide bonds. The van der Waals surface area contributed by atoms with Crippen molar-refractivity contribution >= 4 is 17.6 Å². The second-order valence-electron chi connectivity index (χ2n) is 9.14. The number of hydrogen-bond donors (Lipinski definition) is 3. The van der Waals surface area contributed by atoms with Crippen LogP contribution >= 0.6 is 0 Å². The van der Waals surface area contributed by atoms with Gasteiger partial charge in [-0.15, -0.1) is 0 Å². The Hall–Kier alpha value is -4.06. The molecular formula is C26H28F3N5O4. The van der Waals surface area contributed by atoms with Gasteiger partial charge in [-0.1, -0.05) is 18.6 Å². The Morgan fingerprint density at radius 3 is 2.21 bits per heavy atom. The Morgan fingerprint density at radius 2 is 1.58 bits per heavy atom. The molecule has 9 nitrogen and oxygen atoms in total. The van der Waals surface area contributed by atoms with Crippen LogP contribution in [0.15, 0.2) is 41.2 Å². The quantitative estimate of drug-likeness (QED) is 0.273. The van der Waals surface area contributed by atoms with E-state index in [1.54, 1.807) is 12.1 Å². The molecule has 0 atom stereocenters. The van der Waals surface area contributed by atoms with E-state index in [0.29, 0.717) is 24.1 Å². The van der Waals surface area contributed by atoms with Crippen molar-refractivity contribution in [2.75, 3.05) is 37.6 Å². The molecule has 1 aliphatic rings. The van der Waals surface area contributed by atoms with Crippen LogP contribution in [0, 0.1) is 17.5 Å². The molecule has 38 heavy (non-hydrogen) atoms. The van der Waals surface area contributed by atoms with Crippen molar-refractivity contribution in [1.82, 2.24) is 14.5 Å². The van der Waals surface area contributed by atoms with Gasteiger partial charge >= 0.3 is 11.7 Å². The monoisotopic (exact) mass is 531 g/mol. The third-order valence-corrected chi connectivity index (χ3v) is 6.69. The van der Waals surface area contributed by atoms with Crippen LogP contribution in [0.5, 0.6) is 0 Å². The third kappa shape index (κ3) is 5.75. The molecular weight excluding hydrogens is 503 g/mol. The lowest BCUT2D eigenvalue weighted by Gasteiger charge is -2.36. The van der Waals surface area contributed by atoms with E-state index in [9.17, 15) is 32.7 Å². The molecule has 2 heterocycles. The number of para-hydroxylation sites is 1. The van der Waals surface area contributed by atoms with Gasteiger partial charge in [0.1, 0.15) is 0 Å². The molecule has 1 fully saturated rings. The number of aromatic amines is 1. The topological polar surface area (TPSA) is 125 Å². The number of aromatic carboxylic acids is 1. The summed E-state index contributed by atoms with van der Waals surface area (Å²) in [7, 11) is 0. The summed E-state index contributed by atoms with van der Waals surface area (Å²) >= 11 is 0. The highest BCUT2D eigenvalue weighted by molar-refractivity contribution is 5.98. The van der Waals surface area contributed by atoms with Gasteiger partial charge in [-0.2, -0.15) is 0 Å². The van der Waals surface area contributed by atoms with Crippen LogP contribution in [-0.4, -0.2) is 64.2 Å². The number of piperazine rings is 1. The summed E-state index contributed by atoms with van der Waals surface area (Å²) in [6, 6.07) is 8.60. The van der Waals surface area contributed by atoms with Gasteiger partial charge in [-0.25, -0.2) is 22.8 Å². The fourth-order valence-corrected chi connectivity index (χ4v) is 4.78. The van der Waals surface area contributed by atoms with Crippen LogP contribution in [0.3, 0.4) is 0 Å². The average Bonchev–Trinajstić information content (AvgIpc) is 3.23. The smallest absolute Gasteiger partial charge is 0.354 e. The number of rotatable bonds is 10. The lowest BCUT2D eigenvalue weighted by molar-refractivity contribution is 0.0691. The van der Waals surface area contributed by atoms with Crippen LogP contribution in [-0.2, 0) is 6.54 Å². The average molecular weight is 532 g/mol. The number of primary amides is 1. The summed E-state index contributed by atoms with van der Waals surface area (Å²) in [5, 5.41) is 9.47. The number of H-pyrrole nitrogens is 1. The second kappa shape index (κ2) is 11.5. The predicted octanol–water partition coefficient (Wildman–Crippen LogP) is 3.05. The minimum atomic E-state index is -1.67. The molecule has 4 rings (SSSR count). The second-order valence-corrected chi connectivity index (χ2v) is 9.14.